The number of carbonyl (C=O) groups is 2. The van der Waals surface area contributed by atoms with E-state index in [0.717, 1.165) is 13.0 Å². The lowest BCUT2D eigenvalue weighted by atomic mass is 9.76. The van der Waals surface area contributed by atoms with Crippen molar-refractivity contribution in [1.82, 2.24) is 4.90 Å². The third-order valence-electron chi connectivity index (χ3n) is 5.86. The highest BCUT2D eigenvalue weighted by Crippen LogP contribution is 2.38. The van der Waals surface area contributed by atoms with E-state index in [0.29, 0.717) is 17.5 Å². The molecule has 0 spiro atoms. The highest BCUT2D eigenvalue weighted by molar-refractivity contribution is 5.96. The van der Waals surface area contributed by atoms with E-state index in [1.165, 1.54) is 57.4 Å². The Morgan fingerprint density at radius 1 is 1.19 bits per heavy atom. The van der Waals surface area contributed by atoms with E-state index in [2.05, 4.69) is 15.0 Å². The maximum atomic E-state index is 14.1. The summed E-state index contributed by atoms with van der Waals surface area (Å²) in [6.07, 6.45) is 7.23. The Balaban J connectivity index is 1.71. The molecular weight excluding hydrogens is 335 g/mol. The molecule has 5 nitrogen and oxygen atoms in total. The third kappa shape index (κ3) is 3.90. The van der Waals surface area contributed by atoms with E-state index in [1.807, 2.05) is 7.05 Å². The molecule has 1 aromatic rings. The number of nitrogens with zero attached hydrogens (tertiary/aromatic N) is 1. The summed E-state index contributed by atoms with van der Waals surface area (Å²) in [4.78, 5) is 26.5. The van der Waals surface area contributed by atoms with Crippen molar-refractivity contribution in [2.24, 2.45) is 11.8 Å². The molecule has 1 amide bonds. The Labute approximate surface area is 153 Å². The number of benzene rings is 1. The minimum absolute atomic E-state index is 0.0919. The fourth-order valence-corrected chi connectivity index (χ4v) is 4.51. The molecule has 1 saturated carbocycles. The molecule has 2 fully saturated rings. The van der Waals surface area contributed by atoms with Crippen molar-refractivity contribution in [3.05, 3.63) is 29.6 Å². The highest BCUT2D eigenvalue weighted by atomic mass is 19.1. The van der Waals surface area contributed by atoms with E-state index in [9.17, 15) is 14.0 Å². The SMILES string of the molecule is COC(=O)c1ccc(NC(=O)C2C(C3CCCCC3)CCN2C)cc1F. The molecule has 6 heteroatoms. The van der Waals surface area contributed by atoms with E-state index in [-0.39, 0.29) is 17.5 Å². The van der Waals surface area contributed by atoms with Gasteiger partial charge < -0.3 is 10.1 Å². The minimum Gasteiger partial charge on any atom is -0.465 e. The van der Waals surface area contributed by atoms with Crippen LogP contribution in [0, 0.1) is 17.7 Å². The molecule has 0 radical (unpaired) electrons. The van der Waals surface area contributed by atoms with Gasteiger partial charge in [0.1, 0.15) is 5.82 Å². The molecule has 2 aliphatic rings. The summed E-state index contributed by atoms with van der Waals surface area (Å²) in [5, 5.41) is 2.84. The number of anilines is 1. The van der Waals surface area contributed by atoms with Gasteiger partial charge in [0.25, 0.3) is 0 Å². The van der Waals surface area contributed by atoms with Gasteiger partial charge in [0.15, 0.2) is 0 Å². The maximum absolute atomic E-state index is 14.1. The summed E-state index contributed by atoms with van der Waals surface area (Å²) < 4.78 is 18.6. The Bertz CT molecular complexity index is 673. The average Bonchev–Trinajstić information content (AvgIpc) is 3.03. The van der Waals surface area contributed by atoms with Crippen LogP contribution in [0.4, 0.5) is 10.1 Å². The van der Waals surface area contributed by atoms with Gasteiger partial charge in [0.05, 0.1) is 18.7 Å². The highest BCUT2D eigenvalue weighted by Gasteiger charge is 2.41. The predicted molar refractivity (Wildman–Crippen MR) is 97.5 cm³/mol. The van der Waals surface area contributed by atoms with Gasteiger partial charge in [-0.1, -0.05) is 32.1 Å². The van der Waals surface area contributed by atoms with Crippen LogP contribution in [-0.4, -0.2) is 43.5 Å². The summed E-state index contributed by atoms with van der Waals surface area (Å²) in [5.41, 5.74) is 0.228. The lowest BCUT2D eigenvalue weighted by Crippen LogP contribution is -2.43. The van der Waals surface area contributed by atoms with Gasteiger partial charge in [-0.05, 0) is 50.0 Å². The van der Waals surface area contributed by atoms with E-state index < -0.39 is 11.8 Å². The van der Waals surface area contributed by atoms with Gasteiger partial charge in [0.2, 0.25) is 5.91 Å². The molecular formula is C20H27FN2O3. The van der Waals surface area contributed by atoms with Crippen molar-refractivity contribution in [2.45, 2.75) is 44.6 Å². The summed E-state index contributed by atoms with van der Waals surface area (Å²) in [6.45, 7) is 0.912. The zero-order valence-electron chi connectivity index (χ0n) is 15.5. The molecule has 1 aliphatic heterocycles. The average molecular weight is 362 g/mol. The number of likely N-dealkylation sites (tertiary alicyclic amines) is 1. The summed E-state index contributed by atoms with van der Waals surface area (Å²) in [6, 6.07) is 3.88. The number of halogens is 1. The van der Waals surface area contributed by atoms with Crippen LogP contribution in [-0.2, 0) is 9.53 Å². The Kier molecular flexibility index (Phi) is 5.91. The number of esters is 1. The Morgan fingerprint density at radius 2 is 1.92 bits per heavy atom. The molecule has 1 aliphatic carbocycles. The molecule has 1 N–H and O–H groups in total. The molecule has 0 bridgehead atoms. The van der Waals surface area contributed by atoms with Gasteiger partial charge in [-0.25, -0.2) is 9.18 Å². The molecule has 3 rings (SSSR count). The number of ether oxygens (including phenoxy) is 1. The number of hydrogen-bond donors (Lipinski definition) is 1. The number of nitrogens with one attached hydrogen (secondary N) is 1. The van der Waals surface area contributed by atoms with E-state index >= 15 is 0 Å². The van der Waals surface area contributed by atoms with Crippen LogP contribution in [0.25, 0.3) is 0 Å². The maximum Gasteiger partial charge on any atom is 0.340 e. The topological polar surface area (TPSA) is 58.6 Å². The first kappa shape index (κ1) is 18.8. The first-order valence-electron chi connectivity index (χ1n) is 9.40. The van der Waals surface area contributed by atoms with Crippen molar-refractivity contribution >= 4 is 17.6 Å². The first-order chi connectivity index (χ1) is 12.5. The second-order valence-corrected chi connectivity index (χ2v) is 7.45. The Hall–Kier alpha value is -1.95. The number of amides is 1. The number of rotatable bonds is 4. The van der Waals surface area contributed by atoms with E-state index in [1.54, 1.807) is 0 Å². The fraction of sp³-hybridized carbons (Fsp3) is 0.600. The lowest BCUT2D eigenvalue weighted by Gasteiger charge is -2.32. The second kappa shape index (κ2) is 8.16. The van der Waals surface area contributed by atoms with Crippen LogP contribution in [0.5, 0.6) is 0 Å². The number of hydrogen-bond acceptors (Lipinski definition) is 4. The van der Waals surface area contributed by atoms with Gasteiger partial charge in [0, 0.05) is 5.69 Å². The predicted octanol–water partition coefficient (Wildman–Crippen LogP) is 3.45. The summed E-state index contributed by atoms with van der Waals surface area (Å²) in [7, 11) is 3.19. The number of carbonyl (C=O) groups excluding carboxylic acids is 2. The van der Waals surface area contributed by atoms with Crippen molar-refractivity contribution in [1.29, 1.82) is 0 Å². The van der Waals surface area contributed by atoms with Gasteiger partial charge in [-0.2, -0.15) is 0 Å². The molecule has 1 aromatic carbocycles. The van der Waals surface area contributed by atoms with Crippen molar-refractivity contribution in [3.8, 4) is 0 Å². The molecule has 1 heterocycles. The molecule has 2 atom stereocenters. The quantitative estimate of drug-likeness (QED) is 0.834. The monoisotopic (exact) mass is 362 g/mol. The standard InChI is InChI=1S/C20H27FN2O3/c1-23-11-10-15(13-6-4-3-5-7-13)18(23)19(24)22-14-8-9-16(17(21)12-14)20(25)26-2/h8-9,12-13,15,18H,3-7,10-11H2,1-2H3,(H,22,24). The van der Waals surface area contributed by atoms with Crippen LogP contribution >= 0.6 is 0 Å². The molecule has 1 saturated heterocycles. The van der Waals surface area contributed by atoms with Crippen LogP contribution in [0.1, 0.15) is 48.9 Å². The van der Waals surface area contributed by atoms with Crippen LogP contribution < -0.4 is 5.32 Å². The largest absolute Gasteiger partial charge is 0.465 e. The minimum atomic E-state index is -0.728. The van der Waals surface area contributed by atoms with Crippen LogP contribution in [0.2, 0.25) is 0 Å². The van der Waals surface area contributed by atoms with Gasteiger partial charge >= 0.3 is 5.97 Å². The molecule has 26 heavy (non-hydrogen) atoms. The van der Waals surface area contributed by atoms with Crippen molar-refractivity contribution in [3.63, 3.8) is 0 Å². The van der Waals surface area contributed by atoms with Crippen molar-refractivity contribution < 1.29 is 18.7 Å². The van der Waals surface area contributed by atoms with Gasteiger partial charge in [-0.15, -0.1) is 0 Å². The van der Waals surface area contributed by atoms with Gasteiger partial charge in [-0.3, -0.25) is 9.69 Å². The summed E-state index contributed by atoms with van der Waals surface area (Å²) >= 11 is 0. The summed E-state index contributed by atoms with van der Waals surface area (Å²) in [5.74, 6) is -0.556. The van der Waals surface area contributed by atoms with E-state index in [4.69, 9.17) is 0 Å². The van der Waals surface area contributed by atoms with Crippen molar-refractivity contribution in [2.75, 3.05) is 26.0 Å². The number of likely N-dealkylation sites (N-methyl/N-ethyl adjacent to an activating group) is 1. The Morgan fingerprint density at radius 3 is 2.58 bits per heavy atom. The normalized spacial score (nSPS) is 24.4. The second-order valence-electron chi connectivity index (χ2n) is 7.45. The smallest absolute Gasteiger partial charge is 0.340 e. The fourth-order valence-electron chi connectivity index (χ4n) is 4.51. The zero-order valence-corrected chi connectivity index (χ0v) is 15.5. The van der Waals surface area contributed by atoms with Crippen LogP contribution in [0.15, 0.2) is 18.2 Å². The number of methoxy groups -OCH3 is 1. The molecule has 2 unspecified atom stereocenters. The van der Waals surface area contributed by atoms with Crippen LogP contribution in [0.3, 0.4) is 0 Å². The first-order valence-corrected chi connectivity index (χ1v) is 9.40. The lowest BCUT2D eigenvalue weighted by molar-refractivity contribution is -0.121. The molecule has 142 valence electrons. The third-order valence-corrected chi connectivity index (χ3v) is 5.86. The zero-order chi connectivity index (χ0) is 18.7. The molecule has 0 aromatic heterocycles.